The van der Waals surface area contributed by atoms with Gasteiger partial charge in [-0.2, -0.15) is 0 Å². The second-order valence-corrected chi connectivity index (χ2v) is 7.12. The zero-order valence-electron chi connectivity index (χ0n) is 13.5. The first-order valence-electron chi connectivity index (χ1n) is 8.58. The lowest BCUT2D eigenvalue weighted by molar-refractivity contribution is -0.128. The van der Waals surface area contributed by atoms with Crippen molar-refractivity contribution in [3.05, 3.63) is 0 Å². The fourth-order valence-electron chi connectivity index (χ4n) is 3.77. The predicted octanol–water partition coefficient (Wildman–Crippen LogP) is 5.91. The number of Topliss-reactive ketones (excluding diaryl/α,β-unsaturated/α-hetero) is 1. The first kappa shape index (κ1) is 16.7. The van der Waals surface area contributed by atoms with Crippen LogP contribution >= 0.6 is 0 Å². The maximum absolute atomic E-state index is 12.3. The van der Waals surface area contributed by atoms with Crippen molar-refractivity contribution >= 4 is 5.78 Å². The average Bonchev–Trinajstić information content (AvgIpc) is 2.32. The minimum absolute atomic E-state index is 0.00731. The summed E-state index contributed by atoms with van der Waals surface area (Å²) in [6.07, 6.45) is 15.5. The van der Waals surface area contributed by atoms with Gasteiger partial charge in [0.2, 0.25) is 0 Å². The molecule has 112 valence electrons. The maximum atomic E-state index is 12.3. The smallest absolute Gasteiger partial charge is 0.135 e. The second-order valence-electron chi connectivity index (χ2n) is 7.12. The van der Waals surface area contributed by atoms with Crippen LogP contribution < -0.4 is 0 Å². The fraction of sp³-hybridized carbons (Fsp3) is 0.944. The van der Waals surface area contributed by atoms with Gasteiger partial charge < -0.3 is 0 Å². The lowest BCUT2D eigenvalue weighted by Crippen LogP contribution is -2.31. The van der Waals surface area contributed by atoms with Gasteiger partial charge in [0, 0.05) is 5.41 Å². The van der Waals surface area contributed by atoms with E-state index in [4.69, 9.17) is 0 Å². The van der Waals surface area contributed by atoms with Gasteiger partial charge in [-0.05, 0) is 32.1 Å². The molecule has 1 rings (SSSR count). The van der Waals surface area contributed by atoms with Crippen LogP contribution in [0.15, 0.2) is 0 Å². The summed E-state index contributed by atoms with van der Waals surface area (Å²) in [5.74, 6) is 1.09. The van der Waals surface area contributed by atoms with Crippen molar-refractivity contribution in [3.63, 3.8) is 0 Å². The molecule has 0 amide bonds. The quantitative estimate of drug-likeness (QED) is 0.620. The third-order valence-corrected chi connectivity index (χ3v) is 4.86. The van der Waals surface area contributed by atoms with Crippen molar-refractivity contribution in [3.8, 4) is 0 Å². The van der Waals surface area contributed by atoms with E-state index in [-0.39, 0.29) is 5.41 Å². The molecular formula is C18H34O. The Morgan fingerprint density at radius 2 is 1.21 bits per heavy atom. The Kier molecular flexibility index (Phi) is 7.71. The molecule has 0 unspecified atom stereocenters. The minimum Gasteiger partial charge on any atom is -0.299 e. The topological polar surface area (TPSA) is 17.1 Å². The lowest BCUT2D eigenvalue weighted by Gasteiger charge is -2.33. The number of rotatable bonds is 3. The van der Waals surface area contributed by atoms with Crippen molar-refractivity contribution in [1.29, 1.82) is 0 Å². The summed E-state index contributed by atoms with van der Waals surface area (Å²) < 4.78 is 0. The summed E-state index contributed by atoms with van der Waals surface area (Å²) in [4.78, 5) is 12.3. The molecule has 0 aromatic carbocycles. The highest BCUT2D eigenvalue weighted by atomic mass is 16.1. The highest BCUT2D eigenvalue weighted by Crippen LogP contribution is 2.39. The van der Waals surface area contributed by atoms with Gasteiger partial charge in [-0.3, -0.25) is 4.79 Å². The second kappa shape index (κ2) is 8.76. The van der Waals surface area contributed by atoms with Gasteiger partial charge >= 0.3 is 0 Å². The molecule has 0 aromatic rings. The first-order valence-corrected chi connectivity index (χ1v) is 8.58. The standard InChI is InChI=1S/C18H34O/c1-16(2)15-18(17(3)19)13-11-9-7-5-4-6-8-10-12-14-18/h16H,4-15H2,1-3H3. The number of carbonyl (C=O) groups excluding carboxylic acids is 1. The highest BCUT2D eigenvalue weighted by molar-refractivity contribution is 5.82. The van der Waals surface area contributed by atoms with Crippen LogP contribution in [0.1, 0.15) is 97.8 Å². The first-order chi connectivity index (χ1) is 9.07. The van der Waals surface area contributed by atoms with E-state index in [0.717, 1.165) is 19.3 Å². The number of hydrogen-bond donors (Lipinski definition) is 0. The van der Waals surface area contributed by atoms with Crippen LogP contribution in [0.5, 0.6) is 0 Å². The summed E-state index contributed by atoms with van der Waals surface area (Å²) in [7, 11) is 0. The van der Waals surface area contributed by atoms with Crippen LogP contribution in [-0.2, 0) is 4.79 Å². The largest absolute Gasteiger partial charge is 0.299 e. The fourth-order valence-corrected chi connectivity index (χ4v) is 3.77. The molecule has 0 radical (unpaired) electrons. The van der Waals surface area contributed by atoms with E-state index in [1.54, 1.807) is 0 Å². The zero-order valence-corrected chi connectivity index (χ0v) is 13.5. The van der Waals surface area contributed by atoms with Crippen molar-refractivity contribution < 1.29 is 4.79 Å². The molecule has 0 atom stereocenters. The number of hydrogen-bond acceptors (Lipinski definition) is 1. The molecule has 1 heteroatoms. The van der Waals surface area contributed by atoms with Crippen LogP contribution in [0.25, 0.3) is 0 Å². The Hall–Kier alpha value is -0.330. The van der Waals surface area contributed by atoms with Gasteiger partial charge in [0.15, 0.2) is 0 Å². The molecule has 0 heterocycles. The zero-order chi connectivity index (χ0) is 14.1. The van der Waals surface area contributed by atoms with Gasteiger partial charge in [0.25, 0.3) is 0 Å². The van der Waals surface area contributed by atoms with E-state index in [1.165, 1.54) is 57.8 Å². The Morgan fingerprint density at radius 3 is 1.53 bits per heavy atom. The number of carbonyl (C=O) groups is 1. The van der Waals surface area contributed by atoms with Crippen molar-refractivity contribution in [2.75, 3.05) is 0 Å². The molecule has 0 aliphatic heterocycles. The molecule has 0 saturated heterocycles. The monoisotopic (exact) mass is 266 g/mol. The van der Waals surface area contributed by atoms with Gasteiger partial charge in [0.1, 0.15) is 5.78 Å². The van der Waals surface area contributed by atoms with Crippen molar-refractivity contribution in [2.45, 2.75) is 97.8 Å². The summed E-state index contributed by atoms with van der Waals surface area (Å²) >= 11 is 0. The molecule has 1 nitrogen and oxygen atoms in total. The van der Waals surface area contributed by atoms with Crippen LogP contribution in [0.3, 0.4) is 0 Å². The molecule has 0 bridgehead atoms. The Morgan fingerprint density at radius 1 is 0.842 bits per heavy atom. The molecule has 1 aliphatic carbocycles. The lowest BCUT2D eigenvalue weighted by atomic mass is 9.70. The summed E-state index contributed by atoms with van der Waals surface area (Å²) in [5.41, 5.74) is 0.00731. The van der Waals surface area contributed by atoms with Crippen LogP contribution in [0, 0.1) is 11.3 Å². The van der Waals surface area contributed by atoms with Crippen LogP contribution in [-0.4, -0.2) is 5.78 Å². The Balaban J connectivity index is 2.67. The van der Waals surface area contributed by atoms with E-state index < -0.39 is 0 Å². The molecule has 19 heavy (non-hydrogen) atoms. The molecule has 1 fully saturated rings. The molecule has 1 saturated carbocycles. The molecule has 1 aliphatic rings. The maximum Gasteiger partial charge on any atom is 0.135 e. The van der Waals surface area contributed by atoms with Crippen LogP contribution in [0.4, 0.5) is 0 Å². The molecular weight excluding hydrogens is 232 g/mol. The Labute approximate surface area is 120 Å². The van der Waals surface area contributed by atoms with Crippen molar-refractivity contribution in [1.82, 2.24) is 0 Å². The molecule has 0 N–H and O–H groups in total. The highest BCUT2D eigenvalue weighted by Gasteiger charge is 2.34. The molecule has 0 aromatic heterocycles. The summed E-state index contributed by atoms with van der Waals surface area (Å²) in [5, 5.41) is 0. The summed E-state index contributed by atoms with van der Waals surface area (Å²) in [6, 6.07) is 0. The Bertz CT molecular complexity index is 242. The van der Waals surface area contributed by atoms with Crippen molar-refractivity contribution in [2.24, 2.45) is 11.3 Å². The average molecular weight is 266 g/mol. The minimum atomic E-state index is 0.00731. The van der Waals surface area contributed by atoms with Gasteiger partial charge in [-0.15, -0.1) is 0 Å². The van der Waals surface area contributed by atoms with E-state index in [2.05, 4.69) is 13.8 Å². The van der Waals surface area contributed by atoms with Gasteiger partial charge in [0.05, 0.1) is 0 Å². The third kappa shape index (κ3) is 6.10. The SMILES string of the molecule is CC(=O)C1(CC(C)C)CCCCCCCCCCC1. The number of ketones is 1. The summed E-state index contributed by atoms with van der Waals surface area (Å²) in [6.45, 7) is 6.37. The van der Waals surface area contributed by atoms with E-state index in [1.807, 2.05) is 6.92 Å². The predicted molar refractivity (Wildman–Crippen MR) is 83.4 cm³/mol. The van der Waals surface area contributed by atoms with E-state index in [0.29, 0.717) is 11.7 Å². The van der Waals surface area contributed by atoms with Gasteiger partial charge in [-0.25, -0.2) is 0 Å². The van der Waals surface area contributed by atoms with Crippen LogP contribution in [0.2, 0.25) is 0 Å². The van der Waals surface area contributed by atoms with E-state index >= 15 is 0 Å². The third-order valence-electron chi connectivity index (χ3n) is 4.86. The van der Waals surface area contributed by atoms with Gasteiger partial charge in [-0.1, -0.05) is 71.6 Å². The molecule has 0 spiro atoms. The normalized spacial score (nSPS) is 22.5. The van der Waals surface area contributed by atoms with E-state index in [9.17, 15) is 4.79 Å².